The summed E-state index contributed by atoms with van der Waals surface area (Å²) in [6.45, 7) is 0.546. The molecule has 0 amide bonds. The Balaban J connectivity index is 1.84. The Morgan fingerprint density at radius 2 is 1.44 bits per heavy atom. The average Bonchev–Trinajstić information content (AvgIpc) is 3.12. The smallest absolute Gasteiger partial charge is 0.275 e. The second-order valence-electron chi connectivity index (χ2n) is 6.75. The highest BCUT2D eigenvalue weighted by molar-refractivity contribution is 6.13. The summed E-state index contributed by atoms with van der Waals surface area (Å²) in [5, 5.41) is 2.07. The van der Waals surface area contributed by atoms with E-state index in [0.717, 1.165) is 33.0 Å². The molecule has 0 fully saturated rings. The third-order valence-corrected chi connectivity index (χ3v) is 5.02. The van der Waals surface area contributed by atoms with E-state index in [1.807, 2.05) is 72.9 Å². The van der Waals surface area contributed by atoms with E-state index in [1.165, 1.54) is 0 Å². The van der Waals surface area contributed by atoms with E-state index in [-0.39, 0.29) is 5.56 Å². The van der Waals surface area contributed by atoms with Crippen molar-refractivity contribution in [3.63, 3.8) is 0 Å². The molecule has 0 saturated heterocycles. The SMILES string of the molecule is O=c1c2[nH]c3ccccc3c2c(-c2ccccc2)cn1Cc1ccccc1. The second-order valence-corrected chi connectivity index (χ2v) is 6.75. The summed E-state index contributed by atoms with van der Waals surface area (Å²) in [4.78, 5) is 16.6. The van der Waals surface area contributed by atoms with Crippen molar-refractivity contribution in [3.8, 4) is 11.1 Å². The Kier molecular flexibility index (Phi) is 3.65. The number of rotatable bonds is 3. The van der Waals surface area contributed by atoms with Gasteiger partial charge in [-0.25, -0.2) is 0 Å². The topological polar surface area (TPSA) is 37.8 Å². The number of fused-ring (bicyclic) bond motifs is 3. The third kappa shape index (κ3) is 2.64. The molecule has 3 nitrogen and oxygen atoms in total. The van der Waals surface area contributed by atoms with Crippen LogP contribution in [0, 0.1) is 0 Å². The van der Waals surface area contributed by atoms with Crippen molar-refractivity contribution in [1.29, 1.82) is 0 Å². The largest absolute Gasteiger partial charge is 0.350 e. The van der Waals surface area contributed by atoms with Crippen LogP contribution in [0.3, 0.4) is 0 Å². The third-order valence-electron chi connectivity index (χ3n) is 5.02. The Morgan fingerprint density at radius 1 is 0.778 bits per heavy atom. The predicted octanol–water partition coefficient (Wildman–Crippen LogP) is 5.20. The first-order valence-electron chi connectivity index (χ1n) is 9.04. The molecule has 3 aromatic carbocycles. The highest BCUT2D eigenvalue weighted by atomic mass is 16.1. The number of hydrogen-bond acceptors (Lipinski definition) is 1. The van der Waals surface area contributed by atoms with Gasteiger partial charge in [-0.05, 0) is 17.2 Å². The van der Waals surface area contributed by atoms with Gasteiger partial charge in [-0.3, -0.25) is 4.79 Å². The fourth-order valence-corrected chi connectivity index (χ4v) is 3.74. The lowest BCUT2D eigenvalue weighted by molar-refractivity contribution is 0.768. The molecule has 5 rings (SSSR count). The van der Waals surface area contributed by atoms with Crippen LogP contribution in [0.5, 0.6) is 0 Å². The highest BCUT2D eigenvalue weighted by Gasteiger charge is 2.15. The van der Waals surface area contributed by atoms with Crippen LogP contribution in [0.2, 0.25) is 0 Å². The maximum Gasteiger partial charge on any atom is 0.275 e. The zero-order chi connectivity index (χ0) is 18.2. The summed E-state index contributed by atoms with van der Waals surface area (Å²) in [7, 11) is 0. The van der Waals surface area contributed by atoms with Crippen LogP contribution in [-0.2, 0) is 6.54 Å². The van der Waals surface area contributed by atoms with Gasteiger partial charge in [0.1, 0.15) is 5.52 Å². The maximum atomic E-state index is 13.2. The molecule has 130 valence electrons. The van der Waals surface area contributed by atoms with Crippen LogP contribution < -0.4 is 5.56 Å². The van der Waals surface area contributed by atoms with E-state index in [2.05, 4.69) is 23.2 Å². The van der Waals surface area contributed by atoms with Crippen molar-refractivity contribution in [2.75, 3.05) is 0 Å². The molecule has 0 aliphatic carbocycles. The first-order chi connectivity index (χ1) is 13.3. The molecule has 27 heavy (non-hydrogen) atoms. The lowest BCUT2D eigenvalue weighted by Gasteiger charge is -2.11. The molecule has 0 unspecified atom stereocenters. The molecule has 0 spiro atoms. The first-order valence-corrected chi connectivity index (χ1v) is 9.04. The Hall–Kier alpha value is -3.59. The number of benzene rings is 3. The Morgan fingerprint density at radius 3 is 2.22 bits per heavy atom. The fourth-order valence-electron chi connectivity index (χ4n) is 3.74. The lowest BCUT2D eigenvalue weighted by Crippen LogP contribution is -2.21. The molecule has 0 aliphatic heterocycles. The Labute approximate surface area is 156 Å². The molecule has 0 saturated carbocycles. The zero-order valence-corrected chi connectivity index (χ0v) is 14.7. The van der Waals surface area contributed by atoms with E-state index in [4.69, 9.17) is 0 Å². The number of H-pyrrole nitrogens is 1. The van der Waals surface area contributed by atoms with Gasteiger partial charge in [0.05, 0.1) is 6.54 Å². The number of nitrogens with one attached hydrogen (secondary N) is 1. The van der Waals surface area contributed by atoms with Gasteiger partial charge in [0.15, 0.2) is 0 Å². The zero-order valence-electron chi connectivity index (χ0n) is 14.7. The number of nitrogens with zero attached hydrogens (tertiary/aromatic N) is 1. The van der Waals surface area contributed by atoms with Gasteiger partial charge in [-0.2, -0.15) is 0 Å². The average molecular weight is 350 g/mol. The molecular formula is C24H18N2O. The van der Waals surface area contributed by atoms with Crippen LogP contribution in [0.15, 0.2) is 95.9 Å². The van der Waals surface area contributed by atoms with Crippen LogP contribution in [0.25, 0.3) is 32.9 Å². The van der Waals surface area contributed by atoms with Crippen LogP contribution >= 0.6 is 0 Å². The standard InChI is InChI=1S/C24H18N2O/c27-24-23-22(19-13-7-8-14-21(19)25-23)20(18-11-5-2-6-12-18)16-26(24)15-17-9-3-1-4-10-17/h1-14,16,25H,15H2. The highest BCUT2D eigenvalue weighted by Crippen LogP contribution is 2.32. The molecule has 0 bridgehead atoms. The summed E-state index contributed by atoms with van der Waals surface area (Å²) in [5.41, 5.74) is 4.93. The molecular weight excluding hydrogens is 332 g/mol. The number of aromatic amines is 1. The molecule has 1 N–H and O–H groups in total. The van der Waals surface area contributed by atoms with Crippen molar-refractivity contribution in [2.45, 2.75) is 6.54 Å². The molecule has 0 radical (unpaired) electrons. The van der Waals surface area contributed by atoms with E-state index in [0.29, 0.717) is 12.1 Å². The summed E-state index contributed by atoms with van der Waals surface area (Å²) in [6, 6.07) is 28.4. The predicted molar refractivity (Wildman–Crippen MR) is 111 cm³/mol. The van der Waals surface area contributed by atoms with E-state index in [1.54, 1.807) is 4.57 Å². The Bertz CT molecular complexity index is 1300. The minimum Gasteiger partial charge on any atom is -0.350 e. The van der Waals surface area contributed by atoms with Gasteiger partial charge in [0.2, 0.25) is 0 Å². The monoisotopic (exact) mass is 350 g/mol. The number of para-hydroxylation sites is 1. The van der Waals surface area contributed by atoms with Gasteiger partial charge in [0, 0.05) is 28.0 Å². The van der Waals surface area contributed by atoms with E-state index < -0.39 is 0 Å². The first kappa shape index (κ1) is 15.6. The minimum atomic E-state index is 0.00438. The van der Waals surface area contributed by atoms with E-state index >= 15 is 0 Å². The van der Waals surface area contributed by atoms with Crippen molar-refractivity contribution < 1.29 is 0 Å². The second kappa shape index (κ2) is 6.29. The summed E-state index contributed by atoms with van der Waals surface area (Å²) < 4.78 is 1.80. The van der Waals surface area contributed by atoms with Crippen molar-refractivity contribution in [1.82, 2.24) is 9.55 Å². The van der Waals surface area contributed by atoms with Gasteiger partial charge < -0.3 is 9.55 Å². The van der Waals surface area contributed by atoms with E-state index in [9.17, 15) is 4.79 Å². The normalized spacial score (nSPS) is 11.3. The molecule has 2 heterocycles. The number of aromatic nitrogens is 2. The minimum absolute atomic E-state index is 0.00438. The van der Waals surface area contributed by atoms with Gasteiger partial charge in [-0.1, -0.05) is 78.9 Å². The molecule has 0 atom stereocenters. The quantitative estimate of drug-likeness (QED) is 0.477. The van der Waals surface area contributed by atoms with Crippen LogP contribution in [0.1, 0.15) is 5.56 Å². The summed E-state index contributed by atoms with van der Waals surface area (Å²) in [6.07, 6.45) is 1.99. The lowest BCUT2D eigenvalue weighted by atomic mass is 10.0. The van der Waals surface area contributed by atoms with Crippen molar-refractivity contribution >= 4 is 21.8 Å². The van der Waals surface area contributed by atoms with Crippen molar-refractivity contribution in [3.05, 3.63) is 107 Å². The number of pyridine rings is 1. The molecule has 2 aromatic heterocycles. The summed E-state index contributed by atoms with van der Waals surface area (Å²) in [5.74, 6) is 0. The van der Waals surface area contributed by atoms with Gasteiger partial charge in [0.25, 0.3) is 5.56 Å². The van der Waals surface area contributed by atoms with Crippen molar-refractivity contribution in [2.24, 2.45) is 0 Å². The van der Waals surface area contributed by atoms with Gasteiger partial charge in [-0.15, -0.1) is 0 Å². The maximum absolute atomic E-state index is 13.2. The van der Waals surface area contributed by atoms with Crippen LogP contribution in [0.4, 0.5) is 0 Å². The summed E-state index contributed by atoms with van der Waals surface area (Å²) >= 11 is 0. The molecule has 3 heteroatoms. The van der Waals surface area contributed by atoms with Gasteiger partial charge >= 0.3 is 0 Å². The molecule has 5 aromatic rings. The molecule has 0 aliphatic rings. The fraction of sp³-hybridized carbons (Fsp3) is 0.0417. The van der Waals surface area contributed by atoms with Crippen LogP contribution in [-0.4, -0.2) is 9.55 Å². The number of hydrogen-bond donors (Lipinski definition) is 1.